The molecule has 1 fully saturated rings. The van der Waals surface area contributed by atoms with Crippen LogP contribution in [0.4, 0.5) is 4.39 Å². The van der Waals surface area contributed by atoms with Gasteiger partial charge in [-0.2, -0.15) is 0 Å². The number of rotatable bonds is 3. The molecule has 92 valence electrons. The van der Waals surface area contributed by atoms with Crippen LogP contribution in [0.15, 0.2) is 48.5 Å². The molecule has 2 heteroatoms. The summed E-state index contributed by atoms with van der Waals surface area (Å²) in [6.07, 6.45) is 1.64. The van der Waals surface area contributed by atoms with Crippen LogP contribution in [0.25, 0.3) is 0 Å². The van der Waals surface area contributed by atoms with E-state index in [0.717, 1.165) is 5.56 Å². The summed E-state index contributed by atoms with van der Waals surface area (Å²) in [6, 6.07) is 14.1. The Labute approximate surface area is 106 Å². The molecule has 18 heavy (non-hydrogen) atoms. The van der Waals surface area contributed by atoms with Crippen molar-refractivity contribution >= 4 is 0 Å². The van der Waals surface area contributed by atoms with E-state index in [2.05, 4.69) is 6.07 Å². The number of aliphatic hydroxyl groups is 1. The summed E-state index contributed by atoms with van der Waals surface area (Å²) in [5.41, 5.74) is 2.72. The predicted octanol–water partition coefficient (Wildman–Crippen LogP) is 3.78. The SMILES string of the molecule is OC(c1cccc(F)c1)c1ccccc1C1CC1. The molecule has 0 heterocycles. The van der Waals surface area contributed by atoms with Crippen LogP contribution >= 0.6 is 0 Å². The zero-order valence-electron chi connectivity index (χ0n) is 10.0. The van der Waals surface area contributed by atoms with Gasteiger partial charge in [-0.1, -0.05) is 36.4 Å². The zero-order valence-corrected chi connectivity index (χ0v) is 10.0. The fourth-order valence-electron chi connectivity index (χ4n) is 2.38. The molecule has 1 atom stereocenters. The average molecular weight is 242 g/mol. The van der Waals surface area contributed by atoms with Gasteiger partial charge in [0.15, 0.2) is 0 Å². The quantitative estimate of drug-likeness (QED) is 0.868. The Balaban J connectivity index is 1.99. The molecule has 1 aliphatic carbocycles. The van der Waals surface area contributed by atoms with Gasteiger partial charge < -0.3 is 5.11 Å². The highest BCUT2D eigenvalue weighted by Gasteiger charge is 2.27. The summed E-state index contributed by atoms with van der Waals surface area (Å²) in [6.45, 7) is 0. The van der Waals surface area contributed by atoms with Crippen LogP contribution in [-0.4, -0.2) is 5.11 Å². The Morgan fingerprint density at radius 2 is 1.83 bits per heavy atom. The van der Waals surface area contributed by atoms with Gasteiger partial charge in [0, 0.05) is 0 Å². The van der Waals surface area contributed by atoms with E-state index in [-0.39, 0.29) is 5.82 Å². The first-order valence-electron chi connectivity index (χ1n) is 6.28. The van der Waals surface area contributed by atoms with E-state index in [4.69, 9.17) is 0 Å². The lowest BCUT2D eigenvalue weighted by molar-refractivity contribution is 0.218. The van der Waals surface area contributed by atoms with Crippen molar-refractivity contribution in [1.29, 1.82) is 0 Å². The first kappa shape index (κ1) is 11.4. The summed E-state index contributed by atoms with van der Waals surface area (Å²) < 4.78 is 13.2. The molecular formula is C16H15FO. The fraction of sp³-hybridized carbons (Fsp3) is 0.250. The van der Waals surface area contributed by atoms with Crippen molar-refractivity contribution in [1.82, 2.24) is 0 Å². The van der Waals surface area contributed by atoms with Crippen molar-refractivity contribution in [3.05, 3.63) is 71.0 Å². The Hall–Kier alpha value is -1.67. The van der Waals surface area contributed by atoms with Crippen LogP contribution in [0.1, 0.15) is 41.6 Å². The standard InChI is InChI=1S/C16H15FO/c17-13-5-3-4-12(10-13)16(18)15-7-2-1-6-14(15)11-8-9-11/h1-7,10-11,16,18H,8-9H2. The molecule has 2 aromatic carbocycles. The van der Waals surface area contributed by atoms with Gasteiger partial charge in [-0.05, 0) is 47.6 Å². The average Bonchev–Trinajstić information content (AvgIpc) is 3.22. The highest BCUT2D eigenvalue weighted by atomic mass is 19.1. The third-order valence-corrected chi connectivity index (χ3v) is 3.47. The second-order valence-corrected chi connectivity index (χ2v) is 4.86. The van der Waals surface area contributed by atoms with E-state index < -0.39 is 6.10 Å². The molecule has 0 amide bonds. The lowest BCUT2D eigenvalue weighted by Gasteiger charge is -2.15. The van der Waals surface area contributed by atoms with Gasteiger partial charge in [-0.25, -0.2) is 4.39 Å². The Bertz CT molecular complexity index is 561. The highest BCUT2D eigenvalue weighted by molar-refractivity contribution is 5.39. The molecule has 3 rings (SSSR count). The Kier molecular flexibility index (Phi) is 2.88. The molecule has 0 aliphatic heterocycles. The van der Waals surface area contributed by atoms with Crippen molar-refractivity contribution in [2.75, 3.05) is 0 Å². The van der Waals surface area contributed by atoms with Gasteiger partial charge in [-0.15, -0.1) is 0 Å². The molecule has 2 aromatic rings. The lowest BCUT2D eigenvalue weighted by atomic mass is 9.94. The molecule has 1 saturated carbocycles. The van der Waals surface area contributed by atoms with E-state index in [1.807, 2.05) is 18.2 Å². The largest absolute Gasteiger partial charge is 0.384 e. The maximum atomic E-state index is 13.2. The number of hydrogen-bond donors (Lipinski definition) is 1. The summed E-state index contributed by atoms with van der Waals surface area (Å²) >= 11 is 0. The molecule has 0 radical (unpaired) electrons. The minimum Gasteiger partial charge on any atom is -0.384 e. The molecule has 0 saturated heterocycles. The van der Waals surface area contributed by atoms with Gasteiger partial charge in [0.05, 0.1) is 0 Å². The Morgan fingerprint density at radius 1 is 1.06 bits per heavy atom. The van der Waals surface area contributed by atoms with E-state index in [1.54, 1.807) is 12.1 Å². The van der Waals surface area contributed by atoms with Crippen LogP contribution in [0.5, 0.6) is 0 Å². The maximum absolute atomic E-state index is 13.2. The van der Waals surface area contributed by atoms with Crippen LogP contribution in [0, 0.1) is 5.82 Å². The van der Waals surface area contributed by atoms with Gasteiger partial charge in [-0.3, -0.25) is 0 Å². The number of benzene rings is 2. The number of halogens is 1. The third kappa shape index (κ3) is 2.16. The van der Waals surface area contributed by atoms with Crippen molar-refractivity contribution in [3.8, 4) is 0 Å². The second kappa shape index (κ2) is 4.54. The van der Waals surface area contributed by atoms with Gasteiger partial charge in [0.2, 0.25) is 0 Å². The summed E-state index contributed by atoms with van der Waals surface area (Å²) in [4.78, 5) is 0. The minimum absolute atomic E-state index is 0.310. The first-order valence-corrected chi connectivity index (χ1v) is 6.28. The van der Waals surface area contributed by atoms with E-state index in [1.165, 1.54) is 30.5 Å². The molecule has 1 unspecified atom stereocenters. The van der Waals surface area contributed by atoms with E-state index in [9.17, 15) is 9.50 Å². The van der Waals surface area contributed by atoms with Crippen LogP contribution in [0.3, 0.4) is 0 Å². The predicted molar refractivity (Wildman–Crippen MR) is 68.9 cm³/mol. The molecule has 0 spiro atoms. The summed E-state index contributed by atoms with van der Waals surface area (Å²) in [5.74, 6) is 0.264. The summed E-state index contributed by atoms with van der Waals surface area (Å²) in [7, 11) is 0. The molecule has 0 bridgehead atoms. The smallest absolute Gasteiger partial charge is 0.123 e. The second-order valence-electron chi connectivity index (χ2n) is 4.86. The third-order valence-electron chi connectivity index (χ3n) is 3.47. The highest BCUT2D eigenvalue weighted by Crippen LogP contribution is 2.43. The maximum Gasteiger partial charge on any atom is 0.123 e. The van der Waals surface area contributed by atoms with Gasteiger partial charge in [0.25, 0.3) is 0 Å². The van der Waals surface area contributed by atoms with Crippen LogP contribution < -0.4 is 0 Å². The Morgan fingerprint density at radius 3 is 2.56 bits per heavy atom. The van der Waals surface area contributed by atoms with Gasteiger partial charge >= 0.3 is 0 Å². The first-order chi connectivity index (χ1) is 8.75. The van der Waals surface area contributed by atoms with Crippen molar-refractivity contribution < 1.29 is 9.50 Å². The lowest BCUT2D eigenvalue weighted by Crippen LogP contribution is -2.03. The molecule has 1 nitrogen and oxygen atoms in total. The van der Waals surface area contributed by atoms with Gasteiger partial charge in [0.1, 0.15) is 11.9 Å². The number of hydrogen-bond acceptors (Lipinski definition) is 1. The fourth-order valence-corrected chi connectivity index (χ4v) is 2.38. The molecule has 1 N–H and O–H groups in total. The van der Waals surface area contributed by atoms with Crippen molar-refractivity contribution in [2.45, 2.75) is 24.9 Å². The van der Waals surface area contributed by atoms with Crippen LogP contribution in [-0.2, 0) is 0 Å². The zero-order chi connectivity index (χ0) is 12.5. The minimum atomic E-state index is -0.738. The normalized spacial score (nSPS) is 16.6. The van der Waals surface area contributed by atoms with E-state index >= 15 is 0 Å². The molecule has 1 aliphatic rings. The van der Waals surface area contributed by atoms with Crippen molar-refractivity contribution in [3.63, 3.8) is 0 Å². The number of aliphatic hydroxyl groups excluding tert-OH is 1. The van der Waals surface area contributed by atoms with E-state index in [0.29, 0.717) is 11.5 Å². The topological polar surface area (TPSA) is 20.2 Å². The van der Waals surface area contributed by atoms with Crippen LogP contribution in [0.2, 0.25) is 0 Å². The van der Waals surface area contributed by atoms with Crippen molar-refractivity contribution in [2.24, 2.45) is 0 Å². The summed E-state index contributed by atoms with van der Waals surface area (Å²) in [5, 5.41) is 10.4. The monoisotopic (exact) mass is 242 g/mol. The molecular weight excluding hydrogens is 227 g/mol. The molecule has 0 aromatic heterocycles.